The van der Waals surface area contributed by atoms with Gasteiger partial charge in [-0.2, -0.15) is 0 Å². The number of ether oxygens (including phenoxy) is 1. The third-order valence-electron chi connectivity index (χ3n) is 4.82. The monoisotopic (exact) mass is 337 g/mol. The van der Waals surface area contributed by atoms with Crippen molar-refractivity contribution in [2.45, 2.75) is 43.9 Å². The van der Waals surface area contributed by atoms with E-state index in [0.717, 1.165) is 38.9 Å². The summed E-state index contributed by atoms with van der Waals surface area (Å²) in [4.78, 5) is 17.2. The summed E-state index contributed by atoms with van der Waals surface area (Å²) in [6, 6.07) is 4.28. The van der Waals surface area contributed by atoms with Crippen LogP contribution >= 0.6 is 11.3 Å². The Labute approximate surface area is 142 Å². The molecule has 0 aliphatic carbocycles. The highest BCUT2D eigenvalue weighted by atomic mass is 32.1. The molecule has 0 unspecified atom stereocenters. The summed E-state index contributed by atoms with van der Waals surface area (Å²) >= 11 is 1.82. The minimum Gasteiger partial charge on any atom is -0.369 e. The fourth-order valence-corrected chi connectivity index (χ4v) is 4.36. The molecule has 1 N–H and O–H groups in total. The first-order valence-corrected chi connectivity index (χ1v) is 9.32. The normalized spacial score (nSPS) is 28.2. The number of nitrogens with one attached hydrogen (secondary N) is 1. The fourth-order valence-electron chi connectivity index (χ4n) is 3.61. The molecule has 23 heavy (non-hydrogen) atoms. The summed E-state index contributed by atoms with van der Waals surface area (Å²) in [5, 5.41) is 5.10. The first-order chi connectivity index (χ1) is 11.1. The fraction of sp³-hybridized carbons (Fsp3) is 0.706. The number of nitrogens with zero attached hydrogens (tertiary/aromatic N) is 2. The summed E-state index contributed by atoms with van der Waals surface area (Å²) in [7, 11) is 3.52. The van der Waals surface area contributed by atoms with Gasteiger partial charge in [-0.15, -0.1) is 11.3 Å². The van der Waals surface area contributed by atoms with Crippen molar-refractivity contribution >= 4 is 17.4 Å². The molecule has 0 bridgehead atoms. The van der Waals surface area contributed by atoms with Gasteiger partial charge in [0.25, 0.3) is 0 Å². The predicted octanol–water partition coefficient (Wildman–Crippen LogP) is 2.53. The highest BCUT2D eigenvalue weighted by Gasteiger charge is 2.42. The lowest BCUT2D eigenvalue weighted by atomic mass is 9.90. The standard InChI is InChI=1S/C17H27N3O2S/c1-19(2)16(21)18-11-14-5-3-7-17(22-14)8-9-20(13-17)12-15-6-4-10-23-15/h4,6,10,14H,3,5,7-9,11-13H2,1-2H3,(H,18,21)/t14-,17-/m1/s1. The number of thiophene rings is 1. The van der Waals surface area contributed by atoms with Crippen molar-refractivity contribution < 1.29 is 9.53 Å². The Hall–Kier alpha value is -1.11. The predicted molar refractivity (Wildman–Crippen MR) is 92.8 cm³/mol. The van der Waals surface area contributed by atoms with Gasteiger partial charge in [-0.3, -0.25) is 4.90 Å². The molecule has 2 fully saturated rings. The lowest BCUT2D eigenvalue weighted by Crippen LogP contribution is -2.48. The molecule has 2 aliphatic heterocycles. The molecule has 0 radical (unpaired) electrons. The molecule has 1 aromatic rings. The van der Waals surface area contributed by atoms with Crippen LogP contribution in [0.4, 0.5) is 4.79 Å². The van der Waals surface area contributed by atoms with Gasteiger partial charge in [0, 0.05) is 45.2 Å². The van der Waals surface area contributed by atoms with Crippen LogP contribution in [0.1, 0.15) is 30.6 Å². The van der Waals surface area contributed by atoms with Crippen molar-refractivity contribution in [2.24, 2.45) is 0 Å². The van der Waals surface area contributed by atoms with Crippen LogP contribution in [0.2, 0.25) is 0 Å². The smallest absolute Gasteiger partial charge is 0.316 e. The Morgan fingerprint density at radius 1 is 1.52 bits per heavy atom. The Morgan fingerprint density at radius 2 is 2.39 bits per heavy atom. The van der Waals surface area contributed by atoms with Gasteiger partial charge in [-0.25, -0.2) is 4.79 Å². The second-order valence-electron chi connectivity index (χ2n) is 6.94. The SMILES string of the molecule is CN(C)C(=O)NC[C@H]1CCC[C@]2(CCN(Cc3cccs3)C2)O1. The summed E-state index contributed by atoms with van der Waals surface area (Å²) in [5.41, 5.74) is 0.00300. The van der Waals surface area contributed by atoms with Crippen molar-refractivity contribution in [1.29, 1.82) is 0 Å². The van der Waals surface area contributed by atoms with Crippen LogP contribution in [-0.4, -0.2) is 61.3 Å². The van der Waals surface area contributed by atoms with Gasteiger partial charge in [-0.1, -0.05) is 6.07 Å². The number of carbonyl (C=O) groups is 1. The van der Waals surface area contributed by atoms with E-state index in [1.165, 1.54) is 11.3 Å². The third-order valence-corrected chi connectivity index (χ3v) is 5.68. The molecule has 0 saturated carbocycles. The quantitative estimate of drug-likeness (QED) is 0.918. The molecule has 1 spiro atoms. The molecule has 3 heterocycles. The zero-order valence-corrected chi connectivity index (χ0v) is 14.9. The Morgan fingerprint density at radius 3 is 3.13 bits per heavy atom. The molecule has 2 atom stereocenters. The topological polar surface area (TPSA) is 44.8 Å². The van der Waals surface area contributed by atoms with Crippen LogP contribution in [0.3, 0.4) is 0 Å². The van der Waals surface area contributed by atoms with Crippen LogP contribution in [0.15, 0.2) is 17.5 Å². The van der Waals surface area contributed by atoms with Crippen LogP contribution < -0.4 is 5.32 Å². The largest absolute Gasteiger partial charge is 0.369 e. The maximum atomic E-state index is 11.7. The van der Waals surface area contributed by atoms with Gasteiger partial charge < -0.3 is 15.0 Å². The summed E-state index contributed by atoms with van der Waals surface area (Å²) in [5.74, 6) is 0. The van der Waals surface area contributed by atoms with E-state index >= 15 is 0 Å². The molecule has 5 nitrogen and oxygen atoms in total. The number of urea groups is 1. The summed E-state index contributed by atoms with van der Waals surface area (Å²) < 4.78 is 6.44. The lowest BCUT2D eigenvalue weighted by Gasteiger charge is -2.39. The van der Waals surface area contributed by atoms with Crippen LogP contribution in [0.5, 0.6) is 0 Å². The molecular weight excluding hydrogens is 310 g/mol. The van der Waals surface area contributed by atoms with Gasteiger partial charge in [0.1, 0.15) is 0 Å². The zero-order valence-electron chi connectivity index (χ0n) is 14.1. The number of rotatable bonds is 4. The second kappa shape index (κ2) is 7.20. The van der Waals surface area contributed by atoms with Gasteiger partial charge in [0.15, 0.2) is 0 Å². The minimum absolute atomic E-state index is 0.00300. The van der Waals surface area contributed by atoms with Gasteiger partial charge in [0.05, 0.1) is 11.7 Å². The van der Waals surface area contributed by atoms with Gasteiger partial charge >= 0.3 is 6.03 Å². The Kier molecular flexibility index (Phi) is 5.24. The van der Waals surface area contributed by atoms with Crippen LogP contribution in [-0.2, 0) is 11.3 Å². The van der Waals surface area contributed by atoms with E-state index in [4.69, 9.17) is 4.74 Å². The number of hydrogen-bond acceptors (Lipinski definition) is 4. The number of amides is 2. The molecule has 128 valence electrons. The van der Waals surface area contributed by atoms with E-state index in [9.17, 15) is 4.79 Å². The highest BCUT2D eigenvalue weighted by molar-refractivity contribution is 7.09. The summed E-state index contributed by atoms with van der Waals surface area (Å²) in [6.07, 6.45) is 4.63. The molecule has 3 rings (SSSR count). The van der Waals surface area contributed by atoms with Crippen molar-refractivity contribution in [3.8, 4) is 0 Å². The van der Waals surface area contributed by atoms with E-state index in [1.807, 2.05) is 11.3 Å². The average molecular weight is 337 g/mol. The van der Waals surface area contributed by atoms with E-state index in [2.05, 4.69) is 27.7 Å². The first kappa shape index (κ1) is 16.7. The molecule has 2 amide bonds. The average Bonchev–Trinajstić information content (AvgIpc) is 3.16. The maximum Gasteiger partial charge on any atom is 0.316 e. The molecule has 2 saturated heterocycles. The minimum atomic E-state index is -0.0426. The second-order valence-corrected chi connectivity index (χ2v) is 7.97. The Balaban J connectivity index is 1.50. The molecule has 6 heteroatoms. The van der Waals surface area contributed by atoms with Crippen molar-refractivity contribution in [3.05, 3.63) is 22.4 Å². The molecule has 1 aromatic heterocycles. The lowest BCUT2D eigenvalue weighted by molar-refractivity contribution is -0.118. The van der Waals surface area contributed by atoms with Crippen LogP contribution in [0.25, 0.3) is 0 Å². The maximum absolute atomic E-state index is 11.7. The van der Waals surface area contributed by atoms with Crippen LogP contribution in [0, 0.1) is 0 Å². The number of hydrogen-bond donors (Lipinski definition) is 1. The Bertz CT molecular complexity index is 520. The van der Waals surface area contributed by atoms with Crippen molar-refractivity contribution in [2.75, 3.05) is 33.7 Å². The third kappa shape index (κ3) is 4.25. The van der Waals surface area contributed by atoms with E-state index in [-0.39, 0.29) is 17.7 Å². The molecular formula is C17H27N3O2S. The van der Waals surface area contributed by atoms with E-state index in [1.54, 1.807) is 19.0 Å². The number of likely N-dealkylation sites (tertiary alicyclic amines) is 1. The molecule has 2 aliphatic rings. The zero-order chi connectivity index (χ0) is 16.3. The highest BCUT2D eigenvalue weighted by Crippen LogP contribution is 2.37. The first-order valence-electron chi connectivity index (χ1n) is 8.44. The van der Waals surface area contributed by atoms with Crippen molar-refractivity contribution in [3.63, 3.8) is 0 Å². The van der Waals surface area contributed by atoms with Gasteiger partial charge in [0.2, 0.25) is 0 Å². The molecule has 0 aromatic carbocycles. The number of carbonyl (C=O) groups excluding carboxylic acids is 1. The summed E-state index contributed by atoms with van der Waals surface area (Å²) in [6.45, 7) is 3.77. The van der Waals surface area contributed by atoms with E-state index < -0.39 is 0 Å². The van der Waals surface area contributed by atoms with Crippen molar-refractivity contribution in [1.82, 2.24) is 15.1 Å². The van der Waals surface area contributed by atoms with Gasteiger partial charge in [-0.05, 0) is 37.1 Å². The van der Waals surface area contributed by atoms with E-state index in [0.29, 0.717) is 6.54 Å².